The zero-order valence-corrected chi connectivity index (χ0v) is 9.05. The van der Waals surface area contributed by atoms with Gasteiger partial charge in [-0.1, -0.05) is 6.92 Å². The van der Waals surface area contributed by atoms with Crippen LogP contribution in [0.5, 0.6) is 0 Å². The first kappa shape index (κ1) is 11.4. The van der Waals surface area contributed by atoms with Crippen LogP contribution in [0, 0.1) is 0 Å². The molecule has 0 saturated heterocycles. The average molecular weight is 208 g/mol. The quantitative estimate of drug-likeness (QED) is 0.350. The van der Waals surface area contributed by atoms with Crippen molar-refractivity contribution in [2.24, 2.45) is 10.9 Å². The minimum absolute atomic E-state index is 0.201. The van der Waals surface area contributed by atoms with E-state index in [9.17, 15) is 0 Å². The van der Waals surface area contributed by atoms with Crippen LogP contribution in [0.3, 0.4) is 0 Å². The second kappa shape index (κ2) is 5.95. The standard InChI is InChI=1S/C10H16N4O/c1-3-15-10(13-11)7-8(2)9-5-4-6-12-14-9/h4-6,8H,3,7,11H2,1-2H3/b13-10-. The first-order valence-electron chi connectivity index (χ1n) is 4.95. The number of hydrogen-bond donors (Lipinski definition) is 1. The average Bonchev–Trinajstić information content (AvgIpc) is 2.29. The molecule has 5 heteroatoms. The summed E-state index contributed by atoms with van der Waals surface area (Å²) in [4.78, 5) is 0. The van der Waals surface area contributed by atoms with E-state index in [2.05, 4.69) is 15.3 Å². The summed E-state index contributed by atoms with van der Waals surface area (Å²) in [6, 6.07) is 3.79. The van der Waals surface area contributed by atoms with Crippen LogP contribution < -0.4 is 5.84 Å². The van der Waals surface area contributed by atoms with E-state index in [1.807, 2.05) is 26.0 Å². The third-order valence-electron chi connectivity index (χ3n) is 2.03. The van der Waals surface area contributed by atoms with Gasteiger partial charge in [0.1, 0.15) is 0 Å². The van der Waals surface area contributed by atoms with Crippen LogP contribution in [-0.2, 0) is 4.74 Å². The second-order valence-corrected chi connectivity index (χ2v) is 3.21. The lowest BCUT2D eigenvalue weighted by atomic mass is 10.0. The molecule has 0 bridgehead atoms. The maximum absolute atomic E-state index is 5.26. The first-order valence-corrected chi connectivity index (χ1v) is 4.95. The van der Waals surface area contributed by atoms with E-state index in [1.54, 1.807) is 6.20 Å². The number of nitrogens with zero attached hydrogens (tertiary/aromatic N) is 3. The minimum Gasteiger partial charge on any atom is -0.480 e. The van der Waals surface area contributed by atoms with Crippen LogP contribution in [0.4, 0.5) is 0 Å². The van der Waals surface area contributed by atoms with Gasteiger partial charge in [-0.25, -0.2) is 0 Å². The molecule has 0 fully saturated rings. The summed E-state index contributed by atoms with van der Waals surface area (Å²) in [6.07, 6.45) is 2.29. The molecule has 82 valence electrons. The summed E-state index contributed by atoms with van der Waals surface area (Å²) >= 11 is 0. The summed E-state index contributed by atoms with van der Waals surface area (Å²) in [5.41, 5.74) is 0.915. The van der Waals surface area contributed by atoms with Crippen LogP contribution in [0.2, 0.25) is 0 Å². The topological polar surface area (TPSA) is 73.4 Å². The van der Waals surface area contributed by atoms with Crippen molar-refractivity contribution in [3.8, 4) is 0 Å². The molecule has 0 saturated carbocycles. The van der Waals surface area contributed by atoms with E-state index in [0.717, 1.165) is 5.69 Å². The summed E-state index contributed by atoms with van der Waals surface area (Å²) < 4.78 is 5.26. The summed E-state index contributed by atoms with van der Waals surface area (Å²) in [5, 5.41) is 11.4. The molecule has 1 aromatic heterocycles. The van der Waals surface area contributed by atoms with Crippen molar-refractivity contribution in [1.82, 2.24) is 10.2 Å². The monoisotopic (exact) mass is 208 g/mol. The van der Waals surface area contributed by atoms with Gasteiger partial charge in [-0.05, 0) is 19.1 Å². The van der Waals surface area contributed by atoms with Gasteiger partial charge in [0.2, 0.25) is 5.90 Å². The van der Waals surface area contributed by atoms with Gasteiger partial charge < -0.3 is 10.6 Å². The lowest BCUT2D eigenvalue weighted by Crippen LogP contribution is -2.12. The Hall–Kier alpha value is -1.65. The van der Waals surface area contributed by atoms with Crippen molar-refractivity contribution in [1.29, 1.82) is 0 Å². The molecular weight excluding hydrogens is 192 g/mol. The van der Waals surface area contributed by atoms with Gasteiger partial charge in [-0.3, -0.25) is 0 Å². The molecule has 0 radical (unpaired) electrons. The molecule has 0 aromatic carbocycles. The molecule has 0 aliphatic carbocycles. The Bertz CT molecular complexity index is 312. The molecule has 5 nitrogen and oxygen atoms in total. The Morgan fingerprint density at radius 3 is 3.00 bits per heavy atom. The molecule has 1 rings (SSSR count). The van der Waals surface area contributed by atoms with Crippen molar-refractivity contribution in [3.63, 3.8) is 0 Å². The van der Waals surface area contributed by atoms with Gasteiger partial charge in [0.15, 0.2) is 0 Å². The SMILES string of the molecule is CCO/C(CC(C)c1cccnn1)=N\N. The molecular formula is C10H16N4O. The number of hydrogen-bond acceptors (Lipinski definition) is 5. The normalized spacial score (nSPS) is 13.6. The molecule has 0 spiro atoms. The van der Waals surface area contributed by atoms with E-state index in [0.29, 0.717) is 18.9 Å². The summed E-state index contributed by atoms with van der Waals surface area (Å²) in [7, 11) is 0. The summed E-state index contributed by atoms with van der Waals surface area (Å²) in [6.45, 7) is 4.51. The molecule has 1 atom stereocenters. The lowest BCUT2D eigenvalue weighted by Gasteiger charge is -2.11. The van der Waals surface area contributed by atoms with E-state index in [-0.39, 0.29) is 5.92 Å². The lowest BCUT2D eigenvalue weighted by molar-refractivity contribution is 0.312. The molecule has 2 N–H and O–H groups in total. The zero-order valence-electron chi connectivity index (χ0n) is 9.05. The highest BCUT2D eigenvalue weighted by Crippen LogP contribution is 2.16. The number of ether oxygens (including phenoxy) is 1. The van der Waals surface area contributed by atoms with E-state index >= 15 is 0 Å². The highest BCUT2D eigenvalue weighted by atomic mass is 16.5. The predicted octanol–water partition coefficient (Wildman–Crippen LogP) is 1.28. The van der Waals surface area contributed by atoms with Crippen molar-refractivity contribution in [2.75, 3.05) is 6.61 Å². The van der Waals surface area contributed by atoms with Gasteiger partial charge in [0, 0.05) is 18.5 Å². The minimum atomic E-state index is 0.201. The van der Waals surface area contributed by atoms with Gasteiger partial charge in [0.05, 0.1) is 12.3 Å². The van der Waals surface area contributed by atoms with Crippen molar-refractivity contribution in [2.45, 2.75) is 26.2 Å². The van der Waals surface area contributed by atoms with Crippen molar-refractivity contribution >= 4 is 5.90 Å². The fourth-order valence-corrected chi connectivity index (χ4v) is 1.26. The number of hydrazone groups is 1. The smallest absolute Gasteiger partial charge is 0.206 e. The number of nitrogens with two attached hydrogens (primary N) is 1. The number of rotatable bonds is 4. The second-order valence-electron chi connectivity index (χ2n) is 3.21. The molecule has 0 amide bonds. The van der Waals surface area contributed by atoms with Gasteiger partial charge in [-0.2, -0.15) is 10.2 Å². The van der Waals surface area contributed by atoms with Crippen LogP contribution in [0.15, 0.2) is 23.4 Å². The zero-order chi connectivity index (χ0) is 11.1. The molecule has 1 unspecified atom stereocenters. The Kier molecular flexibility index (Phi) is 4.53. The Labute approximate surface area is 89.3 Å². The van der Waals surface area contributed by atoms with Gasteiger partial charge in [0.25, 0.3) is 0 Å². The van der Waals surface area contributed by atoms with Crippen LogP contribution in [-0.4, -0.2) is 22.7 Å². The van der Waals surface area contributed by atoms with E-state index in [1.165, 1.54) is 0 Å². The Morgan fingerprint density at radius 1 is 1.67 bits per heavy atom. The Morgan fingerprint density at radius 2 is 2.47 bits per heavy atom. The highest BCUT2D eigenvalue weighted by Gasteiger charge is 2.11. The van der Waals surface area contributed by atoms with Crippen molar-refractivity contribution < 1.29 is 4.74 Å². The Balaban J connectivity index is 2.59. The molecule has 0 aliphatic heterocycles. The van der Waals surface area contributed by atoms with E-state index in [4.69, 9.17) is 10.6 Å². The number of aromatic nitrogens is 2. The van der Waals surface area contributed by atoms with Gasteiger partial charge >= 0.3 is 0 Å². The highest BCUT2D eigenvalue weighted by molar-refractivity contribution is 5.76. The third-order valence-corrected chi connectivity index (χ3v) is 2.03. The van der Waals surface area contributed by atoms with Crippen LogP contribution in [0.25, 0.3) is 0 Å². The van der Waals surface area contributed by atoms with Crippen LogP contribution >= 0.6 is 0 Å². The maximum atomic E-state index is 5.26. The fraction of sp³-hybridized carbons (Fsp3) is 0.500. The molecule has 1 aromatic rings. The van der Waals surface area contributed by atoms with Crippen molar-refractivity contribution in [3.05, 3.63) is 24.0 Å². The molecule has 15 heavy (non-hydrogen) atoms. The van der Waals surface area contributed by atoms with Crippen LogP contribution in [0.1, 0.15) is 31.9 Å². The van der Waals surface area contributed by atoms with Gasteiger partial charge in [-0.15, -0.1) is 5.10 Å². The molecule has 0 aliphatic rings. The summed E-state index contributed by atoms with van der Waals surface area (Å²) in [5.74, 6) is 5.97. The molecule has 1 heterocycles. The van der Waals surface area contributed by atoms with E-state index < -0.39 is 0 Å². The predicted molar refractivity (Wildman–Crippen MR) is 58.3 cm³/mol. The first-order chi connectivity index (χ1) is 7.27. The maximum Gasteiger partial charge on any atom is 0.206 e. The largest absolute Gasteiger partial charge is 0.480 e. The fourth-order valence-electron chi connectivity index (χ4n) is 1.26. The third kappa shape index (κ3) is 3.53.